The van der Waals surface area contributed by atoms with E-state index in [4.69, 9.17) is 0 Å². The van der Waals surface area contributed by atoms with Crippen molar-refractivity contribution < 1.29 is 0 Å². The van der Waals surface area contributed by atoms with E-state index < -0.39 is 0 Å². The average Bonchev–Trinajstić information content (AvgIpc) is 3.32. The van der Waals surface area contributed by atoms with Gasteiger partial charge in [-0.2, -0.15) is 0 Å². The molecule has 1 aromatic rings. The number of hydrogen-bond acceptors (Lipinski definition) is 2. The van der Waals surface area contributed by atoms with Gasteiger partial charge in [0.15, 0.2) is 0 Å². The molecule has 0 aromatic heterocycles. The predicted octanol–water partition coefficient (Wildman–Crippen LogP) is 17.0. The Kier molecular flexibility index (Phi) is 25.3. The maximum Gasteiger partial charge on any atom is 0.209 e. The van der Waals surface area contributed by atoms with Gasteiger partial charge in [-0.15, -0.1) is 0 Å². The van der Waals surface area contributed by atoms with Crippen LogP contribution in [0.15, 0.2) is 30.4 Å². The lowest BCUT2D eigenvalue weighted by Gasteiger charge is -2.36. The Labute approximate surface area is 364 Å². The molecule has 2 heterocycles. The molecule has 0 amide bonds. The lowest BCUT2D eigenvalue weighted by atomic mass is 9.40. The topological polar surface area (TPSA) is 6.48 Å². The molecule has 2 aliphatic heterocycles. The zero-order valence-corrected chi connectivity index (χ0v) is 40.1. The standard InChI is InChI=1S/C12H15BN2.3C12H22.C5H12.C2H6/c1-14-8-6-13-7-9-15(2)11-5-3-4-10(14)12(11)13;3*1-3-7-11(8-4-1)12-9-5-2-6-10-12;1-3-5-4-2;1-2/h3-6,8H,7,9H2,1-2H3;3*11-12H,1-10H2;3-5H2,1-2H3;1-2H3. The quantitative estimate of drug-likeness (QED) is 0.274. The van der Waals surface area contributed by atoms with Crippen molar-refractivity contribution in [2.75, 3.05) is 30.4 Å². The van der Waals surface area contributed by atoms with Crippen LogP contribution in [0.25, 0.3) is 0 Å². The smallest absolute Gasteiger partial charge is 0.209 e. The van der Waals surface area contributed by atoms with E-state index >= 15 is 0 Å². The van der Waals surface area contributed by atoms with Crippen molar-refractivity contribution in [3.05, 3.63) is 30.4 Å². The molecule has 0 saturated heterocycles. The first-order chi connectivity index (χ1) is 28.6. The first-order valence-corrected chi connectivity index (χ1v) is 26.8. The molecule has 6 aliphatic carbocycles. The lowest BCUT2D eigenvalue weighted by Crippen LogP contribution is -2.46. The van der Waals surface area contributed by atoms with Gasteiger partial charge in [-0.3, -0.25) is 0 Å². The minimum absolute atomic E-state index is 0.628. The molecular weight excluding hydrogens is 699 g/mol. The summed E-state index contributed by atoms with van der Waals surface area (Å²) < 4.78 is 0. The summed E-state index contributed by atoms with van der Waals surface area (Å²) in [6.45, 7) is 10.2. The van der Waals surface area contributed by atoms with Gasteiger partial charge in [0.2, 0.25) is 6.71 Å². The molecule has 6 saturated carbocycles. The van der Waals surface area contributed by atoms with E-state index in [-0.39, 0.29) is 0 Å². The van der Waals surface area contributed by atoms with E-state index in [1.54, 1.807) is 77.0 Å². The number of benzene rings is 1. The van der Waals surface area contributed by atoms with Crippen molar-refractivity contribution in [3.8, 4) is 0 Å². The highest BCUT2D eigenvalue weighted by Gasteiger charge is 2.30. The summed E-state index contributed by atoms with van der Waals surface area (Å²) in [5, 5.41) is 0. The number of rotatable bonds is 5. The van der Waals surface area contributed by atoms with Crippen molar-refractivity contribution in [3.63, 3.8) is 0 Å². The number of anilines is 2. The minimum atomic E-state index is 0.628. The zero-order chi connectivity index (χ0) is 41.2. The molecule has 0 radical (unpaired) electrons. The van der Waals surface area contributed by atoms with E-state index in [0.717, 1.165) is 42.1 Å². The van der Waals surface area contributed by atoms with Gasteiger partial charge < -0.3 is 9.80 Å². The second kappa shape index (κ2) is 29.8. The molecule has 6 fully saturated rings. The first kappa shape index (κ1) is 49.3. The maximum atomic E-state index is 2.36. The fourth-order valence-corrected chi connectivity index (χ4v) is 12.7. The van der Waals surface area contributed by atoms with E-state index in [0.29, 0.717) is 6.71 Å². The fraction of sp³-hybridized carbons (Fsp3) is 0.855. The van der Waals surface area contributed by atoms with Crippen LogP contribution in [0.1, 0.15) is 240 Å². The average molecular weight is 799 g/mol. The first-order valence-electron chi connectivity index (χ1n) is 26.8. The SMILES string of the molecule is C1CCC(C2CCCCC2)CC1.C1CCC(C2CCCCC2)CC1.C1CCC(C2CCCCC2)CC1.CC.CCCCC.CN1C=CB2CCN(C)c3cccc1c32. The lowest BCUT2D eigenvalue weighted by molar-refractivity contribution is 0.196. The Balaban J connectivity index is 0.000000163. The molecule has 1 aromatic carbocycles. The van der Waals surface area contributed by atoms with Crippen molar-refractivity contribution in [2.24, 2.45) is 35.5 Å². The van der Waals surface area contributed by atoms with Crippen LogP contribution >= 0.6 is 0 Å². The number of nitrogens with zero attached hydrogens (tertiary/aromatic N) is 2. The third-order valence-corrected chi connectivity index (χ3v) is 16.1. The summed E-state index contributed by atoms with van der Waals surface area (Å²) in [5.74, 6) is 9.16. The van der Waals surface area contributed by atoms with E-state index in [1.807, 2.05) is 13.8 Å². The molecule has 0 spiro atoms. The van der Waals surface area contributed by atoms with Crippen LogP contribution in [0.4, 0.5) is 11.4 Å². The molecule has 0 atom stereocenters. The van der Waals surface area contributed by atoms with Crippen molar-refractivity contribution in [1.82, 2.24) is 0 Å². The molecule has 0 unspecified atom stereocenters. The van der Waals surface area contributed by atoms with Crippen LogP contribution in [0.2, 0.25) is 6.32 Å². The summed E-state index contributed by atoms with van der Waals surface area (Å²) in [4.78, 5) is 4.58. The Bertz CT molecular complexity index is 1030. The summed E-state index contributed by atoms with van der Waals surface area (Å²) in [7, 11) is 4.31. The van der Waals surface area contributed by atoms with Gasteiger partial charge in [0.25, 0.3) is 0 Å². The van der Waals surface area contributed by atoms with Crippen molar-refractivity contribution in [2.45, 2.75) is 246 Å². The van der Waals surface area contributed by atoms with Gasteiger partial charge in [0.05, 0.1) is 0 Å². The van der Waals surface area contributed by atoms with Gasteiger partial charge in [0, 0.05) is 32.0 Å². The van der Waals surface area contributed by atoms with Crippen LogP contribution in [0, 0.1) is 35.5 Å². The van der Waals surface area contributed by atoms with Crippen LogP contribution in [0.3, 0.4) is 0 Å². The van der Waals surface area contributed by atoms with E-state index in [1.165, 1.54) is 158 Å². The summed E-state index contributed by atoms with van der Waals surface area (Å²) >= 11 is 0. The van der Waals surface area contributed by atoms with Crippen LogP contribution < -0.4 is 15.3 Å². The van der Waals surface area contributed by atoms with Crippen LogP contribution in [-0.4, -0.2) is 27.4 Å². The monoisotopic (exact) mass is 799 g/mol. The molecule has 2 nitrogen and oxygen atoms in total. The van der Waals surface area contributed by atoms with Crippen LogP contribution in [0.5, 0.6) is 0 Å². The molecular formula is C55H99BN2. The zero-order valence-electron chi connectivity index (χ0n) is 40.1. The highest BCUT2D eigenvalue weighted by atomic mass is 15.1. The fourth-order valence-electron chi connectivity index (χ4n) is 12.7. The summed E-state index contributed by atoms with van der Waals surface area (Å²) in [6.07, 6.45) is 53.7. The molecule has 9 rings (SSSR count). The third kappa shape index (κ3) is 16.8. The second-order valence-corrected chi connectivity index (χ2v) is 20.2. The third-order valence-electron chi connectivity index (χ3n) is 16.1. The number of hydrogen-bond donors (Lipinski definition) is 0. The van der Waals surface area contributed by atoms with Gasteiger partial charge in [-0.05, 0) is 65.6 Å². The Hall–Kier alpha value is -1.38. The Morgan fingerprint density at radius 2 is 0.776 bits per heavy atom. The highest BCUT2D eigenvalue weighted by molar-refractivity contribution is 6.81. The van der Waals surface area contributed by atoms with Gasteiger partial charge in [-0.25, -0.2) is 0 Å². The molecule has 58 heavy (non-hydrogen) atoms. The highest BCUT2D eigenvalue weighted by Crippen LogP contribution is 2.40. The minimum Gasteiger partial charge on any atom is -0.376 e. The number of unbranched alkanes of at least 4 members (excludes halogenated alkanes) is 2. The molecule has 0 bridgehead atoms. The van der Waals surface area contributed by atoms with Gasteiger partial charge in [0.1, 0.15) is 0 Å². The molecule has 3 heteroatoms. The van der Waals surface area contributed by atoms with Crippen molar-refractivity contribution in [1.29, 1.82) is 0 Å². The van der Waals surface area contributed by atoms with Crippen molar-refractivity contribution >= 4 is 23.6 Å². The second-order valence-electron chi connectivity index (χ2n) is 20.2. The summed E-state index contributed by atoms with van der Waals surface area (Å²) in [5.41, 5.74) is 4.28. The normalized spacial score (nSPS) is 23.5. The summed E-state index contributed by atoms with van der Waals surface area (Å²) in [6, 6.07) is 6.61. The predicted molar refractivity (Wildman–Crippen MR) is 263 cm³/mol. The van der Waals surface area contributed by atoms with E-state index in [9.17, 15) is 0 Å². The Morgan fingerprint density at radius 1 is 0.466 bits per heavy atom. The molecule has 332 valence electrons. The largest absolute Gasteiger partial charge is 0.376 e. The molecule has 8 aliphatic rings. The Morgan fingerprint density at radius 3 is 1.07 bits per heavy atom. The van der Waals surface area contributed by atoms with Gasteiger partial charge >= 0.3 is 0 Å². The van der Waals surface area contributed by atoms with Gasteiger partial charge in [-0.1, -0.05) is 252 Å². The van der Waals surface area contributed by atoms with E-state index in [2.05, 4.69) is 68.1 Å². The maximum absolute atomic E-state index is 2.36. The molecule has 0 N–H and O–H groups in total. The van der Waals surface area contributed by atoms with Crippen LogP contribution in [-0.2, 0) is 0 Å².